The first-order valence-corrected chi connectivity index (χ1v) is 8.34. The average Bonchev–Trinajstić information content (AvgIpc) is 2.48. The van der Waals surface area contributed by atoms with E-state index in [1.54, 1.807) is 0 Å². The quantitative estimate of drug-likeness (QED) is 0.894. The number of aromatic nitrogens is 1. The van der Waals surface area contributed by atoms with Gasteiger partial charge >= 0.3 is 0 Å². The van der Waals surface area contributed by atoms with E-state index < -0.39 is 0 Å². The molecule has 2 unspecified atom stereocenters. The van der Waals surface area contributed by atoms with Gasteiger partial charge in [-0.3, -0.25) is 4.90 Å². The molecule has 0 aromatic carbocycles. The van der Waals surface area contributed by atoms with Gasteiger partial charge in [0.25, 0.3) is 0 Å². The fraction of sp³-hybridized carbons (Fsp3) is 0.706. The first kappa shape index (κ1) is 14.8. The number of hydrogen-bond acceptors (Lipinski definition) is 4. The Labute approximate surface area is 127 Å². The number of pyridine rings is 1. The summed E-state index contributed by atoms with van der Waals surface area (Å²) in [6.45, 7) is 5.88. The Morgan fingerprint density at radius 1 is 1.38 bits per heavy atom. The molecule has 0 radical (unpaired) electrons. The highest BCUT2D eigenvalue weighted by Gasteiger charge is 2.42. The van der Waals surface area contributed by atoms with Crippen LogP contribution in [0.3, 0.4) is 0 Å². The summed E-state index contributed by atoms with van der Waals surface area (Å²) in [5.74, 6) is 1.41. The summed E-state index contributed by atoms with van der Waals surface area (Å²) in [6, 6.07) is 6.19. The maximum atomic E-state index is 10.7. The monoisotopic (exact) mass is 289 g/mol. The number of hydrogen-bond donors (Lipinski definition) is 2. The summed E-state index contributed by atoms with van der Waals surface area (Å²) < 4.78 is 0. The van der Waals surface area contributed by atoms with Crippen LogP contribution in [0.4, 0.5) is 5.82 Å². The number of rotatable bonds is 4. The van der Waals surface area contributed by atoms with E-state index >= 15 is 0 Å². The van der Waals surface area contributed by atoms with Crippen molar-refractivity contribution in [1.82, 2.24) is 9.88 Å². The van der Waals surface area contributed by atoms with Gasteiger partial charge in [0, 0.05) is 32.1 Å². The minimum absolute atomic E-state index is 0.381. The van der Waals surface area contributed by atoms with Gasteiger partial charge in [-0.25, -0.2) is 4.98 Å². The lowest BCUT2D eigenvalue weighted by atomic mass is 9.71. The molecule has 2 fully saturated rings. The molecular weight excluding hydrogens is 262 g/mol. The summed E-state index contributed by atoms with van der Waals surface area (Å²) in [6.07, 6.45) is 5.57. The standard InChI is InChI=1S/C17H27N3O/c1-2-18-16-8-5-7-15(19-16)13-20-11-10-17(21)9-4-3-6-14(17)12-20/h5,7-8,14,21H,2-4,6,9-13H2,1H3,(H,18,19). The molecular formula is C17H27N3O. The van der Waals surface area contributed by atoms with Gasteiger partial charge in [-0.15, -0.1) is 0 Å². The Balaban J connectivity index is 1.62. The number of anilines is 1. The Hall–Kier alpha value is -1.13. The molecule has 1 aromatic heterocycles. The van der Waals surface area contributed by atoms with Gasteiger partial charge in [-0.2, -0.15) is 0 Å². The Morgan fingerprint density at radius 2 is 2.29 bits per heavy atom. The highest BCUT2D eigenvalue weighted by molar-refractivity contribution is 5.35. The van der Waals surface area contributed by atoms with Crippen LogP contribution in [-0.2, 0) is 6.54 Å². The molecule has 1 aliphatic heterocycles. The van der Waals surface area contributed by atoms with Crippen LogP contribution in [0.2, 0.25) is 0 Å². The first-order chi connectivity index (χ1) is 10.2. The summed E-state index contributed by atoms with van der Waals surface area (Å²) in [7, 11) is 0. The van der Waals surface area contributed by atoms with E-state index in [1.807, 2.05) is 6.07 Å². The lowest BCUT2D eigenvalue weighted by Gasteiger charge is -2.47. The van der Waals surface area contributed by atoms with Crippen molar-refractivity contribution in [3.63, 3.8) is 0 Å². The van der Waals surface area contributed by atoms with Gasteiger partial charge in [0.15, 0.2) is 0 Å². The molecule has 4 nitrogen and oxygen atoms in total. The van der Waals surface area contributed by atoms with E-state index in [-0.39, 0.29) is 5.60 Å². The molecule has 2 heterocycles. The van der Waals surface area contributed by atoms with Crippen molar-refractivity contribution >= 4 is 5.82 Å². The van der Waals surface area contributed by atoms with Crippen LogP contribution in [0.1, 0.15) is 44.7 Å². The number of aliphatic hydroxyl groups is 1. The van der Waals surface area contributed by atoms with Crippen LogP contribution in [0.25, 0.3) is 0 Å². The fourth-order valence-corrected chi connectivity index (χ4v) is 3.86. The van der Waals surface area contributed by atoms with E-state index in [0.717, 1.165) is 50.5 Å². The Kier molecular flexibility index (Phi) is 4.45. The van der Waals surface area contributed by atoms with Crippen LogP contribution in [-0.4, -0.2) is 40.2 Å². The van der Waals surface area contributed by atoms with Gasteiger partial charge in [-0.05, 0) is 38.3 Å². The van der Waals surface area contributed by atoms with Crippen molar-refractivity contribution in [1.29, 1.82) is 0 Å². The highest BCUT2D eigenvalue weighted by Crippen LogP contribution is 2.39. The molecule has 3 rings (SSSR count). The molecule has 116 valence electrons. The number of fused-ring (bicyclic) bond motifs is 1. The normalized spacial score (nSPS) is 29.9. The lowest BCUT2D eigenvalue weighted by Crippen LogP contribution is -2.53. The molecule has 2 N–H and O–H groups in total. The average molecular weight is 289 g/mol. The molecule has 1 saturated heterocycles. The zero-order chi connectivity index (χ0) is 14.7. The third-order valence-corrected chi connectivity index (χ3v) is 5.06. The molecule has 1 aliphatic carbocycles. The highest BCUT2D eigenvalue weighted by atomic mass is 16.3. The smallest absolute Gasteiger partial charge is 0.126 e. The molecule has 2 aliphatic rings. The number of likely N-dealkylation sites (tertiary alicyclic amines) is 1. The van der Waals surface area contributed by atoms with E-state index in [0.29, 0.717) is 5.92 Å². The number of nitrogens with one attached hydrogen (secondary N) is 1. The van der Waals surface area contributed by atoms with Crippen molar-refractivity contribution in [2.24, 2.45) is 5.92 Å². The zero-order valence-corrected chi connectivity index (χ0v) is 13.0. The number of nitrogens with zero attached hydrogens (tertiary/aromatic N) is 2. The van der Waals surface area contributed by atoms with Crippen molar-refractivity contribution in [3.05, 3.63) is 23.9 Å². The van der Waals surface area contributed by atoms with Crippen molar-refractivity contribution in [2.45, 2.75) is 51.2 Å². The van der Waals surface area contributed by atoms with Gasteiger partial charge in [0.2, 0.25) is 0 Å². The molecule has 1 saturated carbocycles. The fourth-order valence-electron chi connectivity index (χ4n) is 3.86. The third kappa shape index (κ3) is 3.38. The van der Waals surface area contributed by atoms with Crippen LogP contribution in [0.15, 0.2) is 18.2 Å². The Bertz CT molecular complexity index is 479. The summed E-state index contributed by atoms with van der Waals surface area (Å²) in [5, 5.41) is 14.0. The number of piperidine rings is 1. The summed E-state index contributed by atoms with van der Waals surface area (Å²) in [5.41, 5.74) is 0.739. The van der Waals surface area contributed by atoms with Gasteiger partial charge in [-0.1, -0.05) is 18.9 Å². The largest absolute Gasteiger partial charge is 0.390 e. The summed E-state index contributed by atoms with van der Waals surface area (Å²) >= 11 is 0. The van der Waals surface area contributed by atoms with Crippen LogP contribution in [0, 0.1) is 5.92 Å². The van der Waals surface area contributed by atoms with Gasteiger partial charge in [0.05, 0.1) is 11.3 Å². The van der Waals surface area contributed by atoms with E-state index in [1.165, 1.54) is 19.3 Å². The van der Waals surface area contributed by atoms with Crippen molar-refractivity contribution in [3.8, 4) is 0 Å². The maximum absolute atomic E-state index is 10.7. The SMILES string of the molecule is CCNc1cccc(CN2CCC3(O)CCCCC3C2)n1. The zero-order valence-electron chi connectivity index (χ0n) is 13.0. The van der Waals surface area contributed by atoms with Crippen LogP contribution >= 0.6 is 0 Å². The van der Waals surface area contributed by atoms with E-state index in [9.17, 15) is 5.11 Å². The minimum atomic E-state index is -0.381. The van der Waals surface area contributed by atoms with Crippen LogP contribution in [0.5, 0.6) is 0 Å². The van der Waals surface area contributed by atoms with Gasteiger partial charge < -0.3 is 10.4 Å². The molecule has 1 aromatic rings. The second-order valence-electron chi connectivity index (χ2n) is 6.58. The molecule has 4 heteroatoms. The molecule has 21 heavy (non-hydrogen) atoms. The van der Waals surface area contributed by atoms with Gasteiger partial charge in [0.1, 0.15) is 5.82 Å². The van der Waals surface area contributed by atoms with Crippen LogP contribution < -0.4 is 5.32 Å². The van der Waals surface area contributed by atoms with Crippen molar-refractivity contribution in [2.75, 3.05) is 25.0 Å². The second kappa shape index (κ2) is 6.32. The predicted octanol–water partition coefficient (Wildman–Crippen LogP) is 2.64. The second-order valence-corrected chi connectivity index (χ2v) is 6.58. The maximum Gasteiger partial charge on any atom is 0.126 e. The molecule has 2 atom stereocenters. The van der Waals surface area contributed by atoms with E-state index in [2.05, 4.69) is 34.3 Å². The van der Waals surface area contributed by atoms with Crippen molar-refractivity contribution < 1.29 is 5.11 Å². The molecule has 0 bridgehead atoms. The lowest BCUT2D eigenvalue weighted by molar-refractivity contribution is -0.0969. The summed E-state index contributed by atoms with van der Waals surface area (Å²) in [4.78, 5) is 7.12. The third-order valence-electron chi connectivity index (χ3n) is 5.06. The minimum Gasteiger partial charge on any atom is -0.390 e. The Morgan fingerprint density at radius 3 is 3.14 bits per heavy atom. The molecule has 0 amide bonds. The predicted molar refractivity (Wildman–Crippen MR) is 85.2 cm³/mol. The topological polar surface area (TPSA) is 48.4 Å². The molecule has 0 spiro atoms. The van der Waals surface area contributed by atoms with E-state index in [4.69, 9.17) is 0 Å². The first-order valence-electron chi connectivity index (χ1n) is 8.34.